The Morgan fingerprint density at radius 2 is 2.30 bits per heavy atom. The number of amides is 1. The van der Waals surface area contributed by atoms with E-state index in [1.165, 1.54) is 23.5 Å². The maximum atomic E-state index is 13.3. The summed E-state index contributed by atoms with van der Waals surface area (Å²) in [5.41, 5.74) is 6.31. The third-order valence-electron chi connectivity index (χ3n) is 2.95. The van der Waals surface area contributed by atoms with E-state index in [9.17, 15) is 9.18 Å². The molecule has 0 aliphatic rings. The number of hydrogen-bond donors (Lipinski definition) is 1. The lowest BCUT2D eigenvalue weighted by atomic mass is 10.2. The number of rotatable bonds is 4. The van der Waals surface area contributed by atoms with Crippen molar-refractivity contribution in [1.29, 1.82) is 0 Å². The zero-order valence-corrected chi connectivity index (χ0v) is 12.0. The Labute approximate surface area is 121 Å². The van der Waals surface area contributed by atoms with Crippen molar-refractivity contribution in [3.8, 4) is 12.3 Å². The SMILES string of the molecule is C#CCN(CCC)C(=O)c1sc2ccc(F)cc2c1N. The van der Waals surface area contributed by atoms with Crippen LogP contribution in [-0.2, 0) is 0 Å². The molecule has 20 heavy (non-hydrogen) atoms. The van der Waals surface area contributed by atoms with Crippen LogP contribution < -0.4 is 5.73 Å². The van der Waals surface area contributed by atoms with Crippen LogP contribution >= 0.6 is 11.3 Å². The highest BCUT2D eigenvalue weighted by molar-refractivity contribution is 7.21. The van der Waals surface area contributed by atoms with E-state index >= 15 is 0 Å². The molecule has 5 heteroatoms. The van der Waals surface area contributed by atoms with Gasteiger partial charge in [-0.05, 0) is 24.6 Å². The van der Waals surface area contributed by atoms with Crippen LogP contribution in [0.1, 0.15) is 23.0 Å². The van der Waals surface area contributed by atoms with Crippen LogP contribution in [0, 0.1) is 18.2 Å². The molecule has 0 radical (unpaired) electrons. The lowest BCUT2D eigenvalue weighted by molar-refractivity contribution is 0.0782. The van der Waals surface area contributed by atoms with Gasteiger partial charge in [0.2, 0.25) is 0 Å². The van der Waals surface area contributed by atoms with Crippen molar-refractivity contribution >= 4 is 33.0 Å². The molecule has 0 bridgehead atoms. The number of halogens is 1. The standard InChI is InChI=1S/C15H15FN2OS/c1-3-7-18(8-4-2)15(19)14-13(17)11-9-10(16)5-6-12(11)20-14/h1,5-6,9H,4,7-8,17H2,2H3. The number of carbonyl (C=O) groups excluding carboxylic acids is 1. The van der Waals surface area contributed by atoms with Crippen LogP contribution in [0.3, 0.4) is 0 Å². The highest BCUT2D eigenvalue weighted by Gasteiger charge is 2.21. The highest BCUT2D eigenvalue weighted by Crippen LogP contribution is 2.34. The summed E-state index contributed by atoms with van der Waals surface area (Å²) in [7, 11) is 0. The van der Waals surface area contributed by atoms with Crippen molar-refractivity contribution in [2.75, 3.05) is 18.8 Å². The predicted molar refractivity (Wildman–Crippen MR) is 81.2 cm³/mol. The highest BCUT2D eigenvalue weighted by atomic mass is 32.1. The number of hydrogen-bond acceptors (Lipinski definition) is 3. The second-order valence-electron chi connectivity index (χ2n) is 4.42. The van der Waals surface area contributed by atoms with Crippen molar-refractivity contribution in [3.05, 3.63) is 28.9 Å². The lowest BCUT2D eigenvalue weighted by Gasteiger charge is -2.18. The van der Waals surface area contributed by atoms with Gasteiger partial charge < -0.3 is 10.6 Å². The number of benzene rings is 1. The normalized spacial score (nSPS) is 10.4. The van der Waals surface area contributed by atoms with Gasteiger partial charge in [-0.3, -0.25) is 4.79 Å². The molecule has 1 amide bonds. The van der Waals surface area contributed by atoms with Gasteiger partial charge in [0.1, 0.15) is 10.7 Å². The van der Waals surface area contributed by atoms with Crippen molar-refractivity contribution < 1.29 is 9.18 Å². The molecule has 2 aromatic rings. The van der Waals surface area contributed by atoms with Gasteiger partial charge in [0, 0.05) is 16.6 Å². The molecule has 0 aliphatic heterocycles. The molecule has 0 aliphatic carbocycles. The molecule has 104 valence electrons. The van der Waals surface area contributed by atoms with Gasteiger partial charge in [0.25, 0.3) is 5.91 Å². The minimum atomic E-state index is -0.366. The van der Waals surface area contributed by atoms with Gasteiger partial charge in [-0.15, -0.1) is 17.8 Å². The van der Waals surface area contributed by atoms with E-state index in [2.05, 4.69) is 5.92 Å². The second kappa shape index (κ2) is 5.93. The lowest BCUT2D eigenvalue weighted by Crippen LogP contribution is -2.32. The first-order valence-corrected chi connectivity index (χ1v) is 7.10. The van der Waals surface area contributed by atoms with Crippen LogP contribution in [0.4, 0.5) is 10.1 Å². The van der Waals surface area contributed by atoms with E-state index in [1.807, 2.05) is 6.92 Å². The first-order valence-electron chi connectivity index (χ1n) is 6.28. The summed E-state index contributed by atoms with van der Waals surface area (Å²) in [5.74, 6) is 1.92. The number of terminal acetylenes is 1. The number of carbonyl (C=O) groups is 1. The monoisotopic (exact) mass is 290 g/mol. The molecule has 3 nitrogen and oxygen atoms in total. The van der Waals surface area contributed by atoms with Crippen molar-refractivity contribution in [2.24, 2.45) is 0 Å². The third-order valence-corrected chi connectivity index (χ3v) is 4.12. The first kappa shape index (κ1) is 14.4. The Morgan fingerprint density at radius 1 is 1.55 bits per heavy atom. The summed E-state index contributed by atoms with van der Waals surface area (Å²) < 4.78 is 14.1. The van der Waals surface area contributed by atoms with Gasteiger partial charge in [-0.1, -0.05) is 12.8 Å². The first-order chi connectivity index (χ1) is 9.58. The average molecular weight is 290 g/mol. The van der Waals surface area contributed by atoms with Crippen molar-refractivity contribution in [2.45, 2.75) is 13.3 Å². The maximum absolute atomic E-state index is 13.3. The zero-order valence-electron chi connectivity index (χ0n) is 11.1. The Bertz CT molecular complexity index is 687. The number of nitrogens with two attached hydrogens (primary N) is 1. The largest absolute Gasteiger partial charge is 0.397 e. The van der Waals surface area contributed by atoms with Gasteiger partial charge in [-0.25, -0.2) is 4.39 Å². The van der Waals surface area contributed by atoms with Crippen molar-refractivity contribution in [1.82, 2.24) is 4.90 Å². The van der Waals surface area contributed by atoms with Crippen LogP contribution in [0.5, 0.6) is 0 Å². The predicted octanol–water partition coefficient (Wildman–Crippen LogP) is 3.11. The summed E-state index contributed by atoms with van der Waals surface area (Å²) in [6, 6.07) is 4.34. The number of nitrogen functional groups attached to an aromatic ring is 1. The zero-order chi connectivity index (χ0) is 14.7. The molecule has 0 spiro atoms. The summed E-state index contributed by atoms with van der Waals surface area (Å²) in [6.07, 6.45) is 6.10. The molecular formula is C15H15FN2OS. The Hall–Kier alpha value is -2.06. The molecule has 1 heterocycles. The van der Waals surface area contributed by atoms with Crippen LogP contribution in [0.15, 0.2) is 18.2 Å². The van der Waals surface area contributed by atoms with Crippen LogP contribution in [0.25, 0.3) is 10.1 Å². The van der Waals surface area contributed by atoms with Crippen LogP contribution in [-0.4, -0.2) is 23.9 Å². The smallest absolute Gasteiger partial charge is 0.266 e. The average Bonchev–Trinajstić information content (AvgIpc) is 2.75. The summed E-state index contributed by atoms with van der Waals surface area (Å²) in [5, 5.41) is 0.579. The Kier molecular flexibility index (Phi) is 4.26. The fourth-order valence-electron chi connectivity index (χ4n) is 2.02. The van der Waals surface area contributed by atoms with Gasteiger partial charge in [0.05, 0.1) is 12.2 Å². The molecule has 0 atom stereocenters. The molecule has 0 saturated carbocycles. The molecule has 0 saturated heterocycles. The molecule has 1 aromatic heterocycles. The number of nitrogens with zero attached hydrogens (tertiary/aromatic N) is 1. The van der Waals surface area contributed by atoms with E-state index in [0.29, 0.717) is 22.5 Å². The molecule has 0 unspecified atom stereocenters. The van der Waals surface area contributed by atoms with Crippen LogP contribution in [0.2, 0.25) is 0 Å². The summed E-state index contributed by atoms with van der Waals surface area (Å²) >= 11 is 1.27. The number of fused-ring (bicyclic) bond motifs is 1. The van der Waals surface area contributed by atoms with E-state index in [1.54, 1.807) is 11.0 Å². The van der Waals surface area contributed by atoms with Gasteiger partial charge in [-0.2, -0.15) is 0 Å². The molecular weight excluding hydrogens is 275 g/mol. The van der Waals surface area contributed by atoms with E-state index in [-0.39, 0.29) is 18.3 Å². The molecule has 1 aromatic carbocycles. The minimum Gasteiger partial charge on any atom is -0.397 e. The van der Waals surface area contributed by atoms with E-state index in [4.69, 9.17) is 12.2 Å². The molecule has 2 N–H and O–H groups in total. The third kappa shape index (κ3) is 2.61. The number of anilines is 1. The second-order valence-corrected chi connectivity index (χ2v) is 5.47. The van der Waals surface area contributed by atoms with Gasteiger partial charge in [0.15, 0.2) is 0 Å². The van der Waals surface area contributed by atoms with Crippen molar-refractivity contribution in [3.63, 3.8) is 0 Å². The topological polar surface area (TPSA) is 46.3 Å². The fourth-order valence-corrected chi connectivity index (χ4v) is 3.10. The summed E-state index contributed by atoms with van der Waals surface area (Å²) in [6.45, 7) is 2.79. The molecule has 2 rings (SSSR count). The van der Waals surface area contributed by atoms with E-state index < -0.39 is 0 Å². The Morgan fingerprint density at radius 3 is 2.95 bits per heavy atom. The maximum Gasteiger partial charge on any atom is 0.266 e. The molecule has 0 fully saturated rings. The minimum absolute atomic E-state index is 0.191. The number of thiophene rings is 1. The van der Waals surface area contributed by atoms with E-state index in [0.717, 1.165) is 11.1 Å². The summed E-state index contributed by atoms with van der Waals surface area (Å²) in [4.78, 5) is 14.5. The Balaban J connectivity index is 2.44. The fraction of sp³-hybridized carbons (Fsp3) is 0.267. The van der Waals surface area contributed by atoms with Gasteiger partial charge >= 0.3 is 0 Å². The quantitative estimate of drug-likeness (QED) is 0.879.